The maximum Gasteiger partial charge on any atom is 0.327 e. The van der Waals surface area contributed by atoms with E-state index in [1.54, 1.807) is 0 Å². The van der Waals surface area contributed by atoms with Crippen LogP contribution >= 0.6 is 0 Å². The van der Waals surface area contributed by atoms with E-state index in [2.05, 4.69) is 4.74 Å². The van der Waals surface area contributed by atoms with Crippen molar-refractivity contribution in [1.29, 1.82) is 0 Å². The molecule has 2 fully saturated rings. The Balaban J connectivity index is 2.40. The lowest BCUT2D eigenvalue weighted by atomic mass is 9.96. The van der Waals surface area contributed by atoms with E-state index in [1.807, 2.05) is 0 Å². The second kappa shape index (κ2) is 2.95. The molecule has 1 heterocycles. The molecule has 1 aliphatic heterocycles. The molecule has 1 saturated heterocycles. The van der Waals surface area contributed by atoms with Crippen molar-refractivity contribution in [2.45, 2.75) is 10.8 Å². The van der Waals surface area contributed by atoms with Gasteiger partial charge in [-0.3, -0.25) is 9.59 Å². The van der Waals surface area contributed by atoms with Crippen LogP contribution in [0.3, 0.4) is 0 Å². The number of hydrogen-bond donors (Lipinski definition) is 2. The lowest BCUT2D eigenvalue weighted by Gasteiger charge is -2.22. The number of carboxylic acid groups (broad SMARTS) is 1. The molecule has 7 nitrogen and oxygen atoms in total. The number of hydrogen-bond acceptors (Lipinski definition) is 6. The van der Waals surface area contributed by atoms with Gasteiger partial charge in [-0.25, -0.2) is 8.42 Å². The molecular formula is C8H11NO6S. The zero-order chi connectivity index (χ0) is 12.3. The second-order valence-electron chi connectivity index (χ2n) is 4.19. The van der Waals surface area contributed by atoms with Gasteiger partial charge in [0, 0.05) is 5.92 Å². The van der Waals surface area contributed by atoms with E-state index in [0.29, 0.717) is 0 Å². The van der Waals surface area contributed by atoms with Crippen LogP contribution in [0.5, 0.6) is 0 Å². The first kappa shape index (κ1) is 11.3. The Morgan fingerprint density at radius 1 is 1.50 bits per heavy atom. The van der Waals surface area contributed by atoms with E-state index in [9.17, 15) is 18.0 Å². The Labute approximate surface area is 91.5 Å². The predicted octanol–water partition coefficient (Wildman–Crippen LogP) is -2.02. The van der Waals surface area contributed by atoms with Gasteiger partial charge in [0.25, 0.3) is 0 Å². The van der Waals surface area contributed by atoms with Crippen molar-refractivity contribution in [3.05, 3.63) is 0 Å². The van der Waals surface area contributed by atoms with E-state index < -0.39 is 50.2 Å². The van der Waals surface area contributed by atoms with Crippen LogP contribution in [-0.4, -0.2) is 49.1 Å². The average Bonchev–Trinajstić information content (AvgIpc) is 2.87. The van der Waals surface area contributed by atoms with Crippen LogP contribution in [0.1, 0.15) is 0 Å². The maximum atomic E-state index is 11.6. The quantitative estimate of drug-likeness (QED) is 0.541. The zero-order valence-corrected chi connectivity index (χ0v) is 9.23. The molecule has 90 valence electrons. The van der Waals surface area contributed by atoms with Gasteiger partial charge in [0.2, 0.25) is 0 Å². The summed E-state index contributed by atoms with van der Waals surface area (Å²) >= 11 is 0. The standard InChI is InChI=1S/C8H11NO6S/c1-15-7(12)8(9)2-16(13,14)5-3(4(5)8)6(10)11/h3-5H,2,9H2,1H3,(H,10,11)/t3-,4-,5+,8+/m1/s1. The SMILES string of the molecule is COC(=O)[C@]1(N)CS(=O)(=O)[C@H]2[C@H](C(=O)O)[C@H]21. The molecule has 0 bridgehead atoms. The molecule has 0 spiro atoms. The van der Waals surface area contributed by atoms with Gasteiger partial charge in [0.15, 0.2) is 9.84 Å². The number of carboxylic acids is 1. The van der Waals surface area contributed by atoms with E-state index >= 15 is 0 Å². The molecule has 3 N–H and O–H groups in total. The Kier molecular flexibility index (Phi) is 2.09. The number of fused-ring (bicyclic) bond motifs is 1. The fourth-order valence-electron chi connectivity index (χ4n) is 2.55. The average molecular weight is 249 g/mol. The minimum absolute atomic E-state index is 0.536. The number of carbonyl (C=O) groups excluding carboxylic acids is 1. The molecule has 2 aliphatic rings. The van der Waals surface area contributed by atoms with Crippen molar-refractivity contribution in [2.75, 3.05) is 12.9 Å². The second-order valence-corrected chi connectivity index (χ2v) is 6.35. The third kappa shape index (κ3) is 1.20. The third-order valence-electron chi connectivity index (χ3n) is 3.25. The van der Waals surface area contributed by atoms with Gasteiger partial charge in [-0.15, -0.1) is 0 Å². The van der Waals surface area contributed by atoms with Gasteiger partial charge in [-0.1, -0.05) is 0 Å². The van der Waals surface area contributed by atoms with Crippen molar-refractivity contribution in [3.63, 3.8) is 0 Å². The summed E-state index contributed by atoms with van der Waals surface area (Å²) in [6, 6.07) is 0. The molecule has 4 atom stereocenters. The maximum absolute atomic E-state index is 11.6. The normalized spacial score (nSPS) is 43.5. The summed E-state index contributed by atoms with van der Waals surface area (Å²) < 4.78 is 27.6. The summed E-state index contributed by atoms with van der Waals surface area (Å²) in [5.41, 5.74) is 3.98. The van der Waals surface area contributed by atoms with Crippen LogP contribution in [0.4, 0.5) is 0 Å². The molecule has 2 rings (SSSR count). The van der Waals surface area contributed by atoms with Gasteiger partial charge in [0.05, 0.1) is 24.0 Å². The minimum Gasteiger partial charge on any atom is -0.481 e. The predicted molar refractivity (Wildman–Crippen MR) is 51.1 cm³/mol. The van der Waals surface area contributed by atoms with Gasteiger partial charge in [0.1, 0.15) is 5.54 Å². The van der Waals surface area contributed by atoms with Crippen LogP contribution in [0.25, 0.3) is 0 Å². The molecule has 0 amide bonds. The lowest BCUT2D eigenvalue weighted by Crippen LogP contribution is -2.54. The van der Waals surface area contributed by atoms with E-state index in [1.165, 1.54) is 0 Å². The number of aliphatic carboxylic acids is 1. The van der Waals surface area contributed by atoms with Gasteiger partial charge in [-0.05, 0) is 0 Å². The molecule has 1 saturated carbocycles. The first-order valence-corrected chi connectivity index (χ1v) is 6.29. The minimum atomic E-state index is -3.61. The van der Waals surface area contributed by atoms with Gasteiger partial charge in [-0.2, -0.15) is 0 Å². The van der Waals surface area contributed by atoms with Gasteiger partial charge >= 0.3 is 11.9 Å². The van der Waals surface area contributed by atoms with E-state index in [-0.39, 0.29) is 0 Å². The third-order valence-corrected chi connectivity index (χ3v) is 5.55. The van der Waals surface area contributed by atoms with Crippen molar-refractivity contribution < 1.29 is 27.9 Å². The monoisotopic (exact) mass is 249 g/mol. The number of sulfone groups is 1. The van der Waals surface area contributed by atoms with Crippen molar-refractivity contribution >= 4 is 21.8 Å². The number of esters is 1. The summed E-state index contributed by atoms with van der Waals surface area (Å²) in [7, 11) is -2.52. The number of carbonyl (C=O) groups is 2. The highest BCUT2D eigenvalue weighted by Crippen LogP contribution is 2.57. The molecule has 0 unspecified atom stereocenters. The molecule has 0 aromatic carbocycles. The topological polar surface area (TPSA) is 124 Å². The smallest absolute Gasteiger partial charge is 0.327 e. The highest BCUT2D eigenvalue weighted by atomic mass is 32.2. The fraction of sp³-hybridized carbons (Fsp3) is 0.750. The summed E-state index contributed by atoms with van der Waals surface area (Å²) in [5, 5.41) is 7.77. The van der Waals surface area contributed by atoms with Crippen LogP contribution in [0.2, 0.25) is 0 Å². The highest BCUT2D eigenvalue weighted by molar-refractivity contribution is 7.92. The number of methoxy groups -OCH3 is 1. The number of ether oxygens (including phenoxy) is 1. The molecule has 0 aromatic rings. The molecular weight excluding hydrogens is 238 g/mol. The molecule has 1 aliphatic carbocycles. The summed E-state index contributed by atoms with van der Waals surface area (Å²) in [5.74, 6) is -4.58. The van der Waals surface area contributed by atoms with Crippen LogP contribution in [0, 0.1) is 11.8 Å². The fourth-order valence-corrected chi connectivity index (χ4v) is 5.22. The molecule has 8 heteroatoms. The van der Waals surface area contributed by atoms with E-state index in [0.717, 1.165) is 7.11 Å². The van der Waals surface area contributed by atoms with Crippen LogP contribution < -0.4 is 5.73 Å². The van der Waals surface area contributed by atoms with Crippen molar-refractivity contribution in [2.24, 2.45) is 17.6 Å². The molecule has 0 radical (unpaired) electrons. The largest absolute Gasteiger partial charge is 0.481 e. The lowest BCUT2D eigenvalue weighted by molar-refractivity contribution is -0.147. The molecule has 0 aromatic heterocycles. The van der Waals surface area contributed by atoms with E-state index in [4.69, 9.17) is 10.8 Å². The zero-order valence-electron chi connectivity index (χ0n) is 8.41. The van der Waals surface area contributed by atoms with Crippen molar-refractivity contribution in [3.8, 4) is 0 Å². The Morgan fingerprint density at radius 3 is 2.44 bits per heavy atom. The highest BCUT2D eigenvalue weighted by Gasteiger charge is 2.77. The Morgan fingerprint density at radius 2 is 2.06 bits per heavy atom. The molecule has 16 heavy (non-hydrogen) atoms. The first-order chi connectivity index (χ1) is 7.25. The summed E-state index contributed by atoms with van der Waals surface area (Å²) in [6.07, 6.45) is 0. The van der Waals surface area contributed by atoms with Crippen molar-refractivity contribution in [1.82, 2.24) is 0 Å². The number of rotatable bonds is 2. The summed E-state index contributed by atoms with van der Waals surface area (Å²) in [6.45, 7) is 0. The Hall–Kier alpha value is -1.15. The van der Waals surface area contributed by atoms with Crippen LogP contribution in [0.15, 0.2) is 0 Å². The Bertz CT molecular complexity index is 471. The van der Waals surface area contributed by atoms with Crippen LogP contribution in [-0.2, 0) is 24.2 Å². The number of nitrogens with two attached hydrogens (primary N) is 1. The van der Waals surface area contributed by atoms with Gasteiger partial charge < -0.3 is 15.6 Å². The first-order valence-electron chi connectivity index (χ1n) is 4.57. The summed E-state index contributed by atoms with van der Waals surface area (Å²) in [4.78, 5) is 22.2.